The number of ether oxygens (including phenoxy) is 1. The van der Waals surface area contributed by atoms with Crippen molar-refractivity contribution in [3.8, 4) is 18.1 Å². The first-order valence-electron chi connectivity index (χ1n) is 6.49. The molecule has 0 fully saturated rings. The second kappa shape index (κ2) is 7.82. The minimum Gasteiger partial charge on any atom is -0.481 e. The van der Waals surface area contributed by atoms with E-state index in [0.717, 1.165) is 21.3 Å². The van der Waals surface area contributed by atoms with Crippen LogP contribution in [0, 0.1) is 18.2 Å². The molecule has 0 aliphatic rings. The number of benzene rings is 2. The van der Waals surface area contributed by atoms with Crippen LogP contribution in [0.5, 0.6) is 5.75 Å². The second-order valence-electron chi connectivity index (χ2n) is 4.47. The number of hydrogen-bond donors (Lipinski definition) is 1. The van der Waals surface area contributed by atoms with Crippen LogP contribution in [0.1, 0.15) is 11.1 Å². The molecule has 0 aromatic heterocycles. The van der Waals surface area contributed by atoms with Gasteiger partial charge in [-0.2, -0.15) is 0 Å². The van der Waals surface area contributed by atoms with Crippen molar-refractivity contribution in [2.24, 2.45) is 0 Å². The number of hydrogen-bond acceptors (Lipinski definition) is 2. The van der Waals surface area contributed by atoms with Crippen molar-refractivity contribution in [3.05, 3.63) is 63.9 Å². The Morgan fingerprint density at radius 3 is 2.62 bits per heavy atom. The lowest BCUT2D eigenvalue weighted by Crippen LogP contribution is -2.13. The molecule has 2 rings (SSSR count). The van der Waals surface area contributed by atoms with Crippen LogP contribution < -0.4 is 10.1 Å². The summed E-state index contributed by atoms with van der Waals surface area (Å²) in [5, 5.41) is 3.31. The minimum absolute atomic E-state index is 0.226. The molecule has 0 saturated heterocycles. The van der Waals surface area contributed by atoms with Crippen LogP contribution in [0.4, 0.5) is 4.39 Å². The summed E-state index contributed by atoms with van der Waals surface area (Å²) < 4.78 is 19.3. The Hall–Kier alpha value is -1.83. The second-order valence-corrected chi connectivity index (χ2v) is 5.39. The molecule has 0 saturated carbocycles. The SMILES string of the molecule is C#CCOc1ccc(Br)cc1CNCc1ccc(F)cc1. The Balaban J connectivity index is 1.97. The largest absolute Gasteiger partial charge is 0.481 e. The summed E-state index contributed by atoms with van der Waals surface area (Å²) in [5.74, 6) is 3.00. The summed E-state index contributed by atoms with van der Waals surface area (Å²) in [6.45, 7) is 1.53. The van der Waals surface area contributed by atoms with Gasteiger partial charge in [-0.1, -0.05) is 34.0 Å². The van der Waals surface area contributed by atoms with Crippen molar-refractivity contribution in [3.63, 3.8) is 0 Å². The standard InChI is InChI=1S/C17H15BrFNO/c1-2-9-21-17-8-5-15(18)10-14(17)12-20-11-13-3-6-16(19)7-4-13/h1,3-8,10,20H,9,11-12H2. The van der Waals surface area contributed by atoms with Gasteiger partial charge < -0.3 is 10.1 Å². The van der Waals surface area contributed by atoms with Gasteiger partial charge in [-0.3, -0.25) is 0 Å². The van der Waals surface area contributed by atoms with Gasteiger partial charge in [-0.05, 0) is 35.9 Å². The van der Waals surface area contributed by atoms with Crippen LogP contribution in [-0.4, -0.2) is 6.61 Å². The highest BCUT2D eigenvalue weighted by atomic mass is 79.9. The van der Waals surface area contributed by atoms with Gasteiger partial charge in [-0.15, -0.1) is 6.42 Å². The third-order valence-corrected chi connectivity index (χ3v) is 3.38. The summed E-state index contributed by atoms with van der Waals surface area (Å²) >= 11 is 3.44. The first-order valence-corrected chi connectivity index (χ1v) is 7.28. The van der Waals surface area contributed by atoms with Gasteiger partial charge in [0.05, 0.1) is 0 Å². The fraction of sp³-hybridized carbons (Fsp3) is 0.176. The van der Waals surface area contributed by atoms with Crippen LogP contribution in [-0.2, 0) is 13.1 Å². The summed E-state index contributed by atoms with van der Waals surface area (Å²) in [6, 6.07) is 12.2. The van der Waals surface area contributed by atoms with E-state index in [4.69, 9.17) is 11.2 Å². The van der Waals surface area contributed by atoms with Crippen LogP contribution in [0.15, 0.2) is 46.9 Å². The Bertz CT molecular complexity index is 634. The maximum atomic E-state index is 12.8. The Morgan fingerprint density at radius 2 is 1.90 bits per heavy atom. The van der Waals surface area contributed by atoms with E-state index in [9.17, 15) is 4.39 Å². The molecule has 0 aliphatic heterocycles. The fourth-order valence-electron chi connectivity index (χ4n) is 1.89. The maximum absolute atomic E-state index is 12.8. The quantitative estimate of drug-likeness (QED) is 0.800. The molecule has 0 aliphatic carbocycles. The summed E-state index contributed by atoms with van der Waals surface area (Å²) in [6.07, 6.45) is 5.21. The van der Waals surface area contributed by atoms with Gasteiger partial charge in [0.15, 0.2) is 0 Å². The highest BCUT2D eigenvalue weighted by Gasteiger charge is 2.04. The summed E-state index contributed by atoms with van der Waals surface area (Å²) in [7, 11) is 0. The Labute approximate surface area is 132 Å². The van der Waals surface area contributed by atoms with Crippen molar-refractivity contribution < 1.29 is 9.13 Å². The first-order chi connectivity index (χ1) is 10.2. The van der Waals surface area contributed by atoms with Gasteiger partial charge in [0, 0.05) is 23.1 Å². The van der Waals surface area contributed by atoms with Gasteiger partial charge in [0.25, 0.3) is 0 Å². The third-order valence-electron chi connectivity index (χ3n) is 2.89. The van der Waals surface area contributed by atoms with E-state index in [1.807, 2.05) is 18.2 Å². The molecular weight excluding hydrogens is 333 g/mol. The topological polar surface area (TPSA) is 21.3 Å². The van der Waals surface area contributed by atoms with E-state index in [1.165, 1.54) is 12.1 Å². The van der Waals surface area contributed by atoms with E-state index in [2.05, 4.69) is 27.2 Å². The van der Waals surface area contributed by atoms with E-state index in [-0.39, 0.29) is 12.4 Å². The molecule has 0 radical (unpaired) electrons. The zero-order valence-corrected chi connectivity index (χ0v) is 13.0. The van der Waals surface area contributed by atoms with Gasteiger partial charge >= 0.3 is 0 Å². The molecule has 2 aromatic carbocycles. The first kappa shape index (κ1) is 15.6. The highest BCUT2D eigenvalue weighted by Crippen LogP contribution is 2.23. The number of halogens is 2. The van der Waals surface area contributed by atoms with Gasteiger partial charge in [0.2, 0.25) is 0 Å². The minimum atomic E-state index is -0.226. The highest BCUT2D eigenvalue weighted by molar-refractivity contribution is 9.10. The van der Waals surface area contributed by atoms with E-state index >= 15 is 0 Å². The monoisotopic (exact) mass is 347 g/mol. The summed E-state index contributed by atoms with van der Waals surface area (Å²) in [5.41, 5.74) is 2.04. The number of nitrogens with one attached hydrogen (secondary N) is 1. The molecule has 21 heavy (non-hydrogen) atoms. The molecule has 0 bridgehead atoms. The van der Waals surface area contributed by atoms with E-state index < -0.39 is 0 Å². The third kappa shape index (κ3) is 4.89. The Morgan fingerprint density at radius 1 is 1.14 bits per heavy atom. The lowest BCUT2D eigenvalue weighted by molar-refractivity contribution is 0.364. The predicted octanol–water partition coefficient (Wildman–Crippen LogP) is 3.89. The molecule has 0 amide bonds. The van der Waals surface area contributed by atoms with Crippen molar-refractivity contribution in [1.29, 1.82) is 0 Å². The fourth-order valence-corrected chi connectivity index (χ4v) is 2.30. The molecule has 2 nitrogen and oxygen atoms in total. The Kier molecular flexibility index (Phi) is 5.79. The van der Waals surface area contributed by atoms with Crippen LogP contribution in [0.3, 0.4) is 0 Å². The summed E-state index contributed by atoms with van der Waals surface area (Å²) in [4.78, 5) is 0. The zero-order valence-electron chi connectivity index (χ0n) is 11.4. The molecule has 108 valence electrons. The average molecular weight is 348 g/mol. The predicted molar refractivity (Wildman–Crippen MR) is 85.4 cm³/mol. The molecule has 1 N–H and O–H groups in total. The lowest BCUT2D eigenvalue weighted by atomic mass is 10.2. The van der Waals surface area contributed by atoms with Crippen LogP contribution in [0.25, 0.3) is 0 Å². The van der Waals surface area contributed by atoms with E-state index in [1.54, 1.807) is 12.1 Å². The molecule has 4 heteroatoms. The molecule has 0 heterocycles. The lowest BCUT2D eigenvalue weighted by Gasteiger charge is -2.11. The molecule has 0 unspecified atom stereocenters. The zero-order chi connectivity index (χ0) is 15.1. The molecular formula is C17H15BrFNO. The number of terminal acetylenes is 1. The van der Waals surface area contributed by atoms with E-state index in [0.29, 0.717) is 13.1 Å². The van der Waals surface area contributed by atoms with Crippen LogP contribution in [0.2, 0.25) is 0 Å². The smallest absolute Gasteiger partial charge is 0.148 e. The van der Waals surface area contributed by atoms with Gasteiger partial charge in [-0.25, -0.2) is 4.39 Å². The van der Waals surface area contributed by atoms with Gasteiger partial charge in [0.1, 0.15) is 18.2 Å². The van der Waals surface area contributed by atoms with Crippen molar-refractivity contribution in [1.82, 2.24) is 5.32 Å². The normalized spacial score (nSPS) is 10.1. The van der Waals surface area contributed by atoms with Crippen molar-refractivity contribution in [2.75, 3.05) is 6.61 Å². The molecule has 2 aromatic rings. The molecule has 0 atom stereocenters. The van der Waals surface area contributed by atoms with Crippen LogP contribution >= 0.6 is 15.9 Å². The van der Waals surface area contributed by atoms with Crippen molar-refractivity contribution >= 4 is 15.9 Å². The molecule has 0 spiro atoms. The van der Waals surface area contributed by atoms with Crippen molar-refractivity contribution in [2.45, 2.75) is 13.1 Å². The maximum Gasteiger partial charge on any atom is 0.148 e. The average Bonchev–Trinajstić information content (AvgIpc) is 2.48. The number of rotatable bonds is 6.